The van der Waals surface area contributed by atoms with Crippen LogP contribution in [0, 0.1) is 0 Å². The number of aromatic hydroxyl groups is 1. The van der Waals surface area contributed by atoms with Gasteiger partial charge in [-0.1, -0.05) is 0 Å². The van der Waals surface area contributed by atoms with Crippen molar-refractivity contribution < 1.29 is 18.3 Å². The van der Waals surface area contributed by atoms with Gasteiger partial charge in [0, 0.05) is 43.4 Å². The predicted molar refractivity (Wildman–Crippen MR) is 146 cm³/mol. The second-order valence-corrected chi connectivity index (χ2v) is 11.0. The SMILES string of the molecule is CC(=O)Nc1ccc(S(=O)(=O)NCc2cc(CN3CCCC3)c(O)c(CN3CCCC3)c2)cc1.Cl.Cl. The van der Waals surface area contributed by atoms with Gasteiger partial charge in [0.05, 0.1) is 4.90 Å². The average Bonchev–Trinajstić information content (AvgIpc) is 3.50. The Morgan fingerprint density at radius 2 is 1.36 bits per heavy atom. The Bertz CT molecular complexity index is 1080. The van der Waals surface area contributed by atoms with Gasteiger partial charge in [-0.25, -0.2) is 13.1 Å². The number of halogens is 2. The number of phenols is 1. The summed E-state index contributed by atoms with van der Waals surface area (Å²) >= 11 is 0. The zero-order chi connectivity index (χ0) is 24.1. The van der Waals surface area contributed by atoms with E-state index >= 15 is 0 Å². The molecule has 2 aromatic carbocycles. The number of anilines is 1. The highest BCUT2D eigenvalue weighted by Gasteiger charge is 2.20. The molecule has 200 valence electrons. The lowest BCUT2D eigenvalue weighted by atomic mass is 10.0. The van der Waals surface area contributed by atoms with Crippen LogP contribution in [0.3, 0.4) is 0 Å². The van der Waals surface area contributed by atoms with Gasteiger partial charge in [-0.15, -0.1) is 24.8 Å². The first kappa shape index (κ1) is 30.3. The van der Waals surface area contributed by atoms with Crippen LogP contribution in [0.15, 0.2) is 41.3 Å². The zero-order valence-electron chi connectivity index (χ0n) is 20.5. The molecule has 0 spiro atoms. The van der Waals surface area contributed by atoms with Crippen molar-refractivity contribution in [3.8, 4) is 5.75 Å². The van der Waals surface area contributed by atoms with Gasteiger partial charge < -0.3 is 10.4 Å². The summed E-state index contributed by atoms with van der Waals surface area (Å²) in [4.78, 5) is 16.0. The van der Waals surface area contributed by atoms with Gasteiger partial charge in [0.25, 0.3) is 0 Å². The number of amides is 1. The van der Waals surface area contributed by atoms with Crippen LogP contribution in [0.1, 0.15) is 49.3 Å². The Hall–Kier alpha value is -1.88. The molecule has 1 amide bonds. The fraction of sp³-hybridized carbons (Fsp3) is 0.480. The van der Waals surface area contributed by atoms with Gasteiger partial charge in [-0.3, -0.25) is 14.6 Å². The van der Waals surface area contributed by atoms with Gasteiger partial charge >= 0.3 is 0 Å². The van der Waals surface area contributed by atoms with E-state index in [1.54, 1.807) is 12.1 Å². The molecule has 2 fully saturated rings. The summed E-state index contributed by atoms with van der Waals surface area (Å²) in [5.41, 5.74) is 3.09. The molecule has 8 nitrogen and oxygen atoms in total. The van der Waals surface area contributed by atoms with Crippen molar-refractivity contribution in [3.05, 3.63) is 53.1 Å². The molecule has 11 heteroatoms. The molecule has 0 aromatic heterocycles. The Balaban J connectivity index is 0.00000228. The van der Waals surface area contributed by atoms with Crippen molar-refractivity contribution in [2.75, 3.05) is 31.5 Å². The minimum atomic E-state index is -3.73. The summed E-state index contributed by atoms with van der Waals surface area (Å²) in [6.45, 7) is 6.96. The number of nitrogens with zero attached hydrogens (tertiary/aromatic N) is 2. The molecular formula is C25H36Cl2N4O4S. The monoisotopic (exact) mass is 558 g/mol. The summed E-state index contributed by atoms with van der Waals surface area (Å²) < 4.78 is 28.4. The summed E-state index contributed by atoms with van der Waals surface area (Å²) in [7, 11) is -3.73. The molecule has 0 aliphatic carbocycles. The van der Waals surface area contributed by atoms with E-state index < -0.39 is 10.0 Å². The molecule has 2 aromatic rings. The average molecular weight is 560 g/mol. The number of hydrogen-bond acceptors (Lipinski definition) is 6. The second-order valence-electron chi connectivity index (χ2n) is 9.26. The largest absolute Gasteiger partial charge is 0.507 e. The second kappa shape index (κ2) is 13.6. The third-order valence-electron chi connectivity index (χ3n) is 6.46. The van der Waals surface area contributed by atoms with Crippen LogP contribution in [0.4, 0.5) is 5.69 Å². The van der Waals surface area contributed by atoms with Crippen molar-refractivity contribution in [2.45, 2.75) is 57.1 Å². The maximum atomic E-state index is 12.9. The number of carbonyl (C=O) groups excluding carboxylic acids is 1. The van der Waals surface area contributed by atoms with Crippen molar-refractivity contribution in [1.82, 2.24) is 14.5 Å². The number of hydrogen-bond donors (Lipinski definition) is 3. The van der Waals surface area contributed by atoms with E-state index in [9.17, 15) is 18.3 Å². The van der Waals surface area contributed by atoms with E-state index in [2.05, 4.69) is 19.8 Å². The third kappa shape index (κ3) is 8.06. The lowest BCUT2D eigenvalue weighted by molar-refractivity contribution is -0.114. The van der Waals surface area contributed by atoms with E-state index in [0.717, 1.165) is 42.9 Å². The lowest BCUT2D eigenvalue weighted by Crippen LogP contribution is -2.24. The first-order valence-electron chi connectivity index (χ1n) is 12.0. The number of phenolic OH excluding ortho intramolecular Hbond substituents is 1. The van der Waals surface area contributed by atoms with Crippen molar-refractivity contribution in [1.29, 1.82) is 0 Å². The van der Waals surface area contributed by atoms with E-state index in [1.165, 1.54) is 44.7 Å². The number of nitrogens with one attached hydrogen (secondary N) is 2. The maximum absolute atomic E-state index is 12.9. The molecular weight excluding hydrogens is 523 g/mol. The quantitative estimate of drug-likeness (QED) is 0.432. The Kier molecular flexibility index (Phi) is 11.5. The zero-order valence-corrected chi connectivity index (χ0v) is 23.0. The highest BCUT2D eigenvalue weighted by molar-refractivity contribution is 7.89. The van der Waals surface area contributed by atoms with Crippen LogP contribution >= 0.6 is 24.8 Å². The van der Waals surface area contributed by atoms with E-state index in [4.69, 9.17) is 0 Å². The van der Waals surface area contributed by atoms with E-state index in [0.29, 0.717) is 24.5 Å². The number of benzene rings is 2. The maximum Gasteiger partial charge on any atom is 0.240 e. The van der Waals surface area contributed by atoms with Crippen LogP contribution in [0.5, 0.6) is 5.75 Å². The normalized spacial score (nSPS) is 16.4. The van der Waals surface area contributed by atoms with Crippen LogP contribution in [0.2, 0.25) is 0 Å². The molecule has 0 bridgehead atoms. The molecule has 4 rings (SSSR count). The van der Waals surface area contributed by atoms with Gasteiger partial charge in [0.2, 0.25) is 15.9 Å². The molecule has 0 radical (unpaired) electrons. The van der Waals surface area contributed by atoms with Crippen molar-refractivity contribution in [2.24, 2.45) is 0 Å². The van der Waals surface area contributed by atoms with E-state index in [-0.39, 0.29) is 42.2 Å². The Labute approximate surface area is 226 Å². The fourth-order valence-corrected chi connectivity index (χ4v) is 5.74. The smallest absolute Gasteiger partial charge is 0.240 e. The van der Waals surface area contributed by atoms with Gasteiger partial charge in [-0.2, -0.15) is 0 Å². The topological polar surface area (TPSA) is 102 Å². The number of sulfonamides is 1. The summed E-state index contributed by atoms with van der Waals surface area (Å²) in [5.74, 6) is 0.120. The molecule has 0 saturated carbocycles. The van der Waals surface area contributed by atoms with Gasteiger partial charge in [0.1, 0.15) is 5.75 Å². The lowest BCUT2D eigenvalue weighted by Gasteiger charge is -2.21. The first-order valence-corrected chi connectivity index (χ1v) is 13.4. The van der Waals surface area contributed by atoms with Crippen molar-refractivity contribution >= 4 is 46.4 Å². The number of carbonyl (C=O) groups is 1. The first-order chi connectivity index (χ1) is 16.3. The summed E-state index contributed by atoms with van der Waals surface area (Å²) in [6, 6.07) is 9.93. The predicted octanol–water partition coefficient (Wildman–Crippen LogP) is 3.86. The van der Waals surface area contributed by atoms with Crippen LogP contribution in [-0.4, -0.2) is 55.4 Å². The molecule has 2 heterocycles. The van der Waals surface area contributed by atoms with Gasteiger partial charge in [-0.05, 0) is 93.8 Å². The molecule has 2 aliphatic rings. The molecule has 36 heavy (non-hydrogen) atoms. The van der Waals surface area contributed by atoms with Gasteiger partial charge in [0.15, 0.2) is 0 Å². The van der Waals surface area contributed by atoms with E-state index in [1.807, 2.05) is 12.1 Å². The minimum absolute atomic E-state index is 0. The fourth-order valence-electron chi connectivity index (χ4n) is 4.72. The molecule has 0 atom stereocenters. The Morgan fingerprint density at radius 1 is 0.889 bits per heavy atom. The van der Waals surface area contributed by atoms with Crippen LogP contribution in [-0.2, 0) is 34.5 Å². The Morgan fingerprint density at radius 3 is 1.81 bits per heavy atom. The number of rotatable bonds is 9. The highest BCUT2D eigenvalue weighted by atomic mass is 35.5. The van der Waals surface area contributed by atoms with Crippen LogP contribution in [0.25, 0.3) is 0 Å². The standard InChI is InChI=1S/C25H34N4O4S.2ClH/c1-19(30)27-23-6-8-24(9-7-23)34(32,33)26-16-20-14-21(17-28-10-2-3-11-28)25(31)22(15-20)18-29-12-4-5-13-29;;/h6-9,14-15,26,31H,2-5,10-13,16-18H2,1H3,(H,27,30);2*1H. The number of likely N-dealkylation sites (tertiary alicyclic amines) is 2. The molecule has 2 aliphatic heterocycles. The van der Waals surface area contributed by atoms with Crippen LogP contribution < -0.4 is 10.0 Å². The third-order valence-corrected chi connectivity index (χ3v) is 7.88. The molecule has 3 N–H and O–H groups in total. The molecule has 0 unspecified atom stereocenters. The summed E-state index contributed by atoms with van der Waals surface area (Å²) in [5, 5.41) is 13.6. The minimum Gasteiger partial charge on any atom is -0.507 e. The molecule has 2 saturated heterocycles. The highest BCUT2D eigenvalue weighted by Crippen LogP contribution is 2.29. The summed E-state index contributed by atoms with van der Waals surface area (Å²) in [6.07, 6.45) is 4.67. The van der Waals surface area contributed by atoms with Crippen molar-refractivity contribution in [3.63, 3.8) is 0 Å².